The van der Waals surface area contributed by atoms with Gasteiger partial charge >= 0.3 is 5.97 Å². The normalized spacial score (nSPS) is 14.6. The summed E-state index contributed by atoms with van der Waals surface area (Å²) in [6.45, 7) is 0. The molecule has 1 aromatic heterocycles. The zero-order valence-electron chi connectivity index (χ0n) is 16.0. The van der Waals surface area contributed by atoms with Crippen molar-refractivity contribution in [3.63, 3.8) is 0 Å². The Hall–Kier alpha value is -2.82. The lowest BCUT2D eigenvalue weighted by Gasteiger charge is -2.19. The molecule has 0 aliphatic heterocycles. The molecule has 4 rings (SSSR count). The van der Waals surface area contributed by atoms with Gasteiger partial charge in [0.1, 0.15) is 0 Å². The van der Waals surface area contributed by atoms with Gasteiger partial charge in [-0.2, -0.15) is 0 Å². The zero-order chi connectivity index (χ0) is 19.7. The molecular formula is C23H24FNO3. The van der Waals surface area contributed by atoms with E-state index >= 15 is 4.39 Å². The van der Waals surface area contributed by atoms with E-state index in [9.17, 15) is 4.79 Å². The summed E-state index contributed by atoms with van der Waals surface area (Å²) < 4.78 is 23.1. The highest BCUT2D eigenvalue weighted by Gasteiger charge is 2.22. The number of carbonyl (C=O) groups is 1. The summed E-state index contributed by atoms with van der Waals surface area (Å²) >= 11 is 0. The number of benzene rings is 2. The number of carboxylic acid groups (broad SMARTS) is 1. The number of aromatic nitrogens is 1. The average Bonchev–Trinajstić information content (AvgIpc) is 3.31. The number of carboxylic acids is 1. The number of ether oxygens (including phenoxy) is 1. The van der Waals surface area contributed by atoms with Crippen molar-refractivity contribution >= 4 is 16.9 Å². The van der Waals surface area contributed by atoms with Crippen LogP contribution in [0.2, 0.25) is 0 Å². The van der Waals surface area contributed by atoms with E-state index in [1.807, 2.05) is 48.1 Å². The molecule has 1 heterocycles. The maximum atomic E-state index is 15.0. The van der Waals surface area contributed by atoms with Crippen molar-refractivity contribution in [2.45, 2.75) is 44.6 Å². The Balaban J connectivity index is 1.78. The first-order chi connectivity index (χ1) is 13.5. The third-order valence-corrected chi connectivity index (χ3v) is 5.51. The van der Waals surface area contributed by atoms with Gasteiger partial charge in [0.2, 0.25) is 0 Å². The highest BCUT2D eigenvalue weighted by atomic mass is 19.1. The number of fused-ring (bicyclic) bond motifs is 1. The average molecular weight is 381 g/mol. The Morgan fingerprint density at radius 1 is 1.21 bits per heavy atom. The number of aryl methyl sites for hydroxylation is 2. The molecule has 3 aromatic rings. The van der Waals surface area contributed by atoms with Crippen LogP contribution in [0.15, 0.2) is 42.6 Å². The molecule has 0 bridgehead atoms. The molecule has 1 saturated carbocycles. The highest BCUT2D eigenvalue weighted by molar-refractivity contribution is 5.87. The minimum Gasteiger partial charge on any atom is -0.487 e. The zero-order valence-corrected chi connectivity index (χ0v) is 16.0. The predicted octanol–water partition coefficient (Wildman–Crippen LogP) is 5.32. The smallest absolute Gasteiger partial charge is 0.303 e. The van der Waals surface area contributed by atoms with Gasteiger partial charge in [-0.3, -0.25) is 4.79 Å². The Morgan fingerprint density at radius 3 is 2.75 bits per heavy atom. The standard InChI is InChI=1S/C23H24FNO3/c1-25-11-10-17-14-16(7-8-21(17)25)19-12-15(6-9-22(26)27)13-20(24)23(19)28-18-4-2-3-5-18/h7-8,10-14,18H,2-6,9H2,1H3,(H,26,27). The summed E-state index contributed by atoms with van der Waals surface area (Å²) in [4.78, 5) is 10.9. The second kappa shape index (κ2) is 7.66. The summed E-state index contributed by atoms with van der Waals surface area (Å²) in [6.07, 6.45) is 6.39. The predicted molar refractivity (Wildman–Crippen MR) is 107 cm³/mol. The first-order valence-electron chi connectivity index (χ1n) is 9.77. The number of hydrogen-bond acceptors (Lipinski definition) is 2. The number of hydrogen-bond donors (Lipinski definition) is 1. The van der Waals surface area contributed by atoms with Crippen molar-refractivity contribution in [3.8, 4) is 16.9 Å². The summed E-state index contributed by atoms with van der Waals surface area (Å²) in [5.74, 6) is -1.03. The van der Waals surface area contributed by atoms with Crippen LogP contribution in [-0.4, -0.2) is 21.7 Å². The minimum atomic E-state index is -0.890. The Labute approximate surface area is 163 Å². The summed E-state index contributed by atoms with van der Waals surface area (Å²) in [5.41, 5.74) is 3.34. The third-order valence-electron chi connectivity index (χ3n) is 5.51. The van der Waals surface area contributed by atoms with Crippen molar-refractivity contribution in [3.05, 3.63) is 54.0 Å². The number of aliphatic carboxylic acids is 1. The number of rotatable bonds is 6. The van der Waals surface area contributed by atoms with Crippen molar-refractivity contribution in [2.75, 3.05) is 0 Å². The van der Waals surface area contributed by atoms with Gasteiger partial charge in [0.05, 0.1) is 6.10 Å². The fourth-order valence-corrected chi connectivity index (χ4v) is 4.00. The molecular weight excluding hydrogens is 357 g/mol. The third kappa shape index (κ3) is 3.75. The molecule has 4 nitrogen and oxygen atoms in total. The van der Waals surface area contributed by atoms with Gasteiger partial charge in [0.15, 0.2) is 11.6 Å². The van der Waals surface area contributed by atoms with Crippen LogP contribution >= 0.6 is 0 Å². The SMILES string of the molecule is Cn1ccc2cc(-c3cc(CCC(=O)O)cc(F)c3OC3CCCC3)ccc21. The molecule has 0 unspecified atom stereocenters. The Kier molecular flexibility index (Phi) is 5.07. The van der Waals surface area contributed by atoms with Crippen molar-refractivity contribution in [1.29, 1.82) is 0 Å². The van der Waals surface area contributed by atoms with E-state index in [1.54, 1.807) is 0 Å². The van der Waals surface area contributed by atoms with Crippen LogP contribution in [0.25, 0.3) is 22.0 Å². The fourth-order valence-electron chi connectivity index (χ4n) is 4.00. The van der Waals surface area contributed by atoms with Crippen LogP contribution in [0, 0.1) is 5.82 Å². The quantitative estimate of drug-likeness (QED) is 0.628. The van der Waals surface area contributed by atoms with Crippen LogP contribution in [0.3, 0.4) is 0 Å². The first kappa shape index (κ1) is 18.5. The molecule has 0 amide bonds. The van der Waals surface area contributed by atoms with Crippen LogP contribution in [0.4, 0.5) is 4.39 Å². The molecule has 1 N–H and O–H groups in total. The molecule has 0 saturated heterocycles. The van der Waals surface area contributed by atoms with Gasteiger partial charge in [-0.05, 0) is 73.6 Å². The highest BCUT2D eigenvalue weighted by Crippen LogP contribution is 2.38. The molecule has 5 heteroatoms. The van der Waals surface area contributed by atoms with Crippen LogP contribution in [-0.2, 0) is 18.3 Å². The van der Waals surface area contributed by atoms with Gasteiger partial charge in [-0.1, -0.05) is 6.07 Å². The lowest BCUT2D eigenvalue weighted by Crippen LogP contribution is -2.13. The number of halogens is 1. The molecule has 1 aliphatic carbocycles. The lowest BCUT2D eigenvalue weighted by atomic mass is 9.98. The van der Waals surface area contributed by atoms with E-state index < -0.39 is 11.8 Å². The van der Waals surface area contributed by atoms with Gasteiger partial charge in [-0.25, -0.2) is 4.39 Å². The Morgan fingerprint density at radius 2 is 2.00 bits per heavy atom. The molecule has 0 radical (unpaired) electrons. The minimum absolute atomic E-state index is 0.0283. The van der Waals surface area contributed by atoms with E-state index in [2.05, 4.69) is 0 Å². The molecule has 28 heavy (non-hydrogen) atoms. The van der Waals surface area contributed by atoms with Gasteiger partial charge in [-0.15, -0.1) is 0 Å². The van der Waals surface area contributed by atoms with Crippen molar-refractivity contribution in [1.82, 2.24) is 4.57 Å². The summed E-state index contributed by atoms with van der Waals surface area (Å²) in [5, 5.41) is 10.0. The molecule has 146 valence electrons. The van der Waals surface area contributed by atoms with Gasteiger partial charge < -0.3 is 14.4 Å². The molecule has 1 aliphatic rings. The van der Waals surface area contributed by atoms with Crippen molar-refractivity contribution < 1.29 is 19.0 Å². The fraction of sp³-hybridized carbons (Fsp3) is 0.348. The second-order valence-corrected chi connectivity index (χ2v) is 7.57. The summed E-state index contributed by atoms with van der Waals surface area (Å²) in [6, 6.07) is 11.3. The van der Waals surface area contributed by atoms with Crippen molar-refractivity contribution in [2.24, 2.45) is 7.05 Å². The van der Waals surface area contributed by atoms with Crippen LogP contribution in [0.5, 0.6) is 5.75 Å². The van der Waals surface area contributed by atoms with E-state index in [-0.39, 0.29) is 24.7 Å². The second-order valence-electron chi connectivity index (χ2n) is 7.57. The van der Waals surface area contributed by atoms with E-state index in [1.165, 1.54) is 6.07 Å². The monoisotopic (exact) mass is 381 g/mol. The van der Waals surface area contributed by atoms with E-state index in [0.717, 1.165) is 42.1 Å². The first-order valence-corrected chi connectivity index (χ1v) is 9.77. The van der Waals surface area contributed by atoms with Crippen LogP contribution < -0.4 is 4.74 Å². The topological polar surface area (TPSA) is 51.5 Å². The lowest BCUT2D eigenvalue weighted by molar-refractivity contribution is -0.136. The molecule has 1 fully saturated rings. The van der Waals surface area contributed by atoms with Gasteiger partial charge in [0.25, 0.3) is 0 Å². The van der Waals surface area contributed by atoms with Gasteiger partial charge in [0, 0.05) is 36.1 Å². The summed E-state index contributed by atoms with van der Waals surface area (Å²) in [7, 11) is 1.99. The maximum absolute atomic E-state index is 15.0. The van der Waals surface area contributed by atoms with E-state index in [0.29, 0.717) is 11.1 Å². The Bertz CT molecular complexity index is 1020. The molecule has 2 aromatic carbocycles. The largest absolute Gasteiger partial charge is 0.487 e. The molecule has 0 atom stereocenters. The molecule has 0 spiro atoms. The maximum Gasteiger partial charge on any atom is 0.303 e. The van der Waals surface area contributed by atoms with E-state index in [4.69, 9.17) is 9.84 Å². The van der Waals surface area contributed by atoms with Crippen LogP contribution in [0.1, 0.15) is 37.7 Å². The number of nitrogens with zero attached hydrogens (tertiary/aromatic N) is 1.